The molecule has 2 heterocycles. The molecule has 0 aromatic carbocycles. The molecule has 1 atom stereocenters. The van der Waals surface area contributed by atoms with Crippen LogP contribution in [-0.2, 0) is 11.2 Å². The molecule has 4 heteroatoms. The third-order valence-corrected chi connectivity index (χ3v) is 2.71. The molecule has 0 spiro atoms. The molecule has 1 saturated heterocycles. The van der Waals surface area contributed by atoms with Crippen molar-refractivity contribution in [3.8, 4) is 0 Å². The Bertz CT molecular complexity index is 312. The van der Waals surface area contributed by atoms with Crippen LogP contribution in [0.1, 0.15) is 18.6 Å². The quantitative estimate of drug-likeness (QED) is 0.756. The zero-order valence-corrected chi connectivity index (χ0v) is 7.82. The third kappa shape index (κ3) is 1.53. The molecule has 0 radical (unpaired) electrons. The van der Waals surface area contributed by atoms with Crippen molar-refractivity contribution in [2.45, 2.75) is 24.8 Å². The maximum Gasteiger partial charge on any atom is 0.324 e. The summed E-state index contributed by atoms with van der Waals surface area (Å²) in [6, 6.07) is 3.59. The Morgan fingerprint density at radius 2 is 2.57 bits per heavy atom. The number of carboxylic acid groups (broad SMARTS) is 1. The van der Waals surface area contributed by atoms with Gasteiger partial charge in [0.15, 0.2) is 0 Å². The fourth-order valence-corrected chi connectivity index (χ4v) is 1.93. The van der Waals surface area contributed by atoms with Gasteiger partial charge in [-0.25, -0.2) is 0 Å². The van der Waals surface area contributed by atoms with Gasteiger partial charge >= 0.3 is 5.97 Å². The monoisotopic (exact) mass is 195 g/mol. The molecule has 0 aliphatic carbocycles. The van der Waals surface area contributed by atoms with Crippen molar-refractivity contribution in [2.75, 3.05) is 6.54 Å². The fraction of sp³-hybridized carbons (Fsp3) is 0.500. The predicted molar refractivity (Wildman–Crippen MR) is 50.0 cm³/mol. The molecular weight excluding hydrogens is 182 g/mol. The lowest BCUT2D eigenvalue weighted by Gasteiger charge is -2.22. The normalized spacial score (nSPS) is 26.6. The highest BCUT2D eigenvalue weighted by Crippen LogP contribution is 2.24. The van der Waals surface area contributed by atoms with Crippen molar-refractivity contribution in [1.29, 1.82) is 0 Å². The van der Waals surface area contributed by atoms with E-state index in [4.69, 9.17) is 9.52 Å². The molecule has 14 heavy (non-hydrogen) atoms. The average Bonchev–Trinajstić information content (AvgIpc) is 2.76. The fourth-order valence-electron chi connectivity index (χ4n) is 1.93. The Labute approximate surface area is 81.9 Å². The molecular formula is C10H13NO3. The minimum atomic E-state index is -0.808. The minimum Gasteiger partial charge on any atom is -0.480 e. The topological polar surface area (TPSA) is 62.5 Å². The number of carbonyl (C=O) groups is 1. The summed E-state index contributed by atoms with van der Waals surface area (Å²) in [5, 5.41) is 12.2. The van der Waals surface area contributed by atoms with Gasteiger partial charge in [0.25, 0.3) is 0 Å². The summed E-state index contributed by atoms with van der Waals surface area (Å²) in [5.41, 5.74) is -0.808. The van der Waals surface area contributed by atoms with Gasteiger partial charge in [0.1, 0.15) is 11.3 Å². The molecule has 4 nitrogen and oxygen atoms in total. The van der Waals surface area contributed by atoms with Gasteiger partial charge in [-0.3, -0.25) is 4.79 Å². The first-order valence-electron chi connectivity index (χ1n) is 4.74. The molecule has 1 aliphatic rings. The van der Waals surface area contributed by atoms with E-state index in [0.717, 1.165) is 18.7 Å². The molecule has 2 rings (SSSR count). The lowest BCUT2D eigenvalue weighted by molar-refractivity contribution is -0.144. The molecule has 1 aromatic heterocycles. The lowest BCUT2D eigenvalue weighted by Crippen LogP contribution is -2.49. The van der Waals surface area contributed by atoms with Crippen LogP contribution in [-0.4, -0.2) is 23.2 Å². The van der Waals surface area contributed by atoms with E-state index < -0.39 is 11.5 Å². The molecule has 1 fully saturated rings. The largest absolute Gasteiger partial charge is 0.480 e. The van der Waals surface area contributed by atoms with E-state index in [1.54, 1.807) is 12.3 Å². The van der Waals surface area contributed by atoms with Gasteiger partial charge in [-0.2, -0.15) is 0 Å². The first-order chi connectivity index (χ1) is 6.73. The summed E-state index contributed by atoms with van der Waals surface area (Å²) < 4.78 is 5.17. The molecule has 2 N–H and O–H groups in total. The Morgan fingerprint density at radius 1 is 1.71 bits per heavy atom. The number of rotatable bonds is 3. The maximum atomic E-state index is 11.1. The van der Waals surface area contributed by atoms with E-state index >= 15 is 0 Å². The number of hydrogen-bond acceptors (Lipinski definition) is 3. The van der Waals surface area contributed by atoms with Gasteiger partial charge in [0.2, 0.25) is 0 Å². The van der Waals surface area contributed by atoms with Gasteiger partial charge in [-0.1, -0.05) is 0 Å². The average molecular weight is 195 g/mol. The molecule has 0 amide bonds. The number of hydrogen-bond donors (Lipinski definition) is 2. The van der Waals surface area contributed by atoms with Crippen LogP contribution in [0.15, 0.2) is 22.8 Å². The van der Waals surface area contributed by atoms with Crippen molar-refractivity contribution >= 4 is 5.97 Å². The number of nitrogens with one attached hydrogen (secondary N) is 1. The maximum absolute atomic E-state index is 11.1. The van der Waals surface area contributed by atoms with Gasteiger partial charge in [-0.05, 0) is 31.5 Å². The van der Waals surface area contributed by atoms with Crippen molar-refractivity contribution in [3.05, 3.63) is 24.2 Å². The Morgan fingerprint density at radius 3 is 3.07 bits per heavy atom. The summed E-state index contributed by atoms with van der Waals surface area (Å²) >= 11 is 0. The van der Waals surface area contributed by atoms with E-state index in [1.165, 1.54) is 0 Å². The van der Waals surface area contributed by atoms with Crippen molar-refractivity contribution < 1.29 is 14.3 Å². The van der Waals surface area contributed by atoms with Crippen LogP contribution in [0.5, 0.6) is 0 Å². The molecule has 0 saturated carbocycles. The molecule has 76 valence electrons. The molecule has 1 aromatic rings. The summed E-state index contributed by atoms with van der Waals surface area (Å²) in [6.07, 6.45) is 3.57. The first kappa shape index (κ1) is 9.27. The second-order valence-electron chi connectivity index (χ2n) is 3.67. The van der Waals surface area contributed by atoms with E-state index in [1.807, 2.05) is 6.07 Å². The highest BCUT2D eigenvalue weighted by atomic mass is 16.4. The Hall–Kier alpha value is -1.29. The van der Waals surface area contributed by atoms with E-state index in [0.29, 0.717) is 12.8 Å². The Balaban J connectivity index is 2.16. The van der Waals surface area contributed by atoms with E-state index in [2.05, 4.69) is 5.32 Å². The number of aliphatic carboxylic acids is 1. The van der Waals surface area contributed by atoms with Crippen LogP contribution in [0.4, 0.5) is 0 Å². The van der Waals surface area contributed by atoms with Gasteiger partial charge in [0, 0.05) is 6.42 Å². The van der Waals surface area contributed by atoms with Gasteiger partial charge in [0.05, 0.1) is 6.26 Å². The third-order valence-electron chi connectivity index (χ3n) is 2.71. The minimum absolute atomic E-state index is 0.426. The summed E-state index contributed by atoms with van der Waals surface area (Å²) in [6.45, 7) is 0.771. The van der Waals surface area contributed by atoms with Crippen LogP contribution in [0.2, 0.25) is 0 Å². The second kappa shape index (κ2) is 3.46. The first-order valence-corrected chi connectivity index (χ1v) is 4.74. The molecule has 1 aliphatic heterocycles. The van der Waals surface area contributed by atoms with Gasteiger partial charge < -0.3 is 14.8 Å². The summed E-state index contributed by atoms with van der Waals surface area (Å²) in [4.78, 5) is 11.1. The lowest BCUT2D eigenvalue weighted by atomic mass is 9.92. The van der Waals surface area contributed by atoms with Crippen LogP contribution >= 0.6 is 0 Å². The van der Waals surface area contributed by atoms with Crippen molar-refractivity contribution in [2.24, 2.45) is 0 Å². The molecule has 0 unspecified atom stereocenters. The van der Waals surface area contributed by atoms with Crippen molar-refractivity contribution in [3.63, 3.8) is 0 Å². The second-order valence-corrected chi connectivity index (χ2v) is 3.67. The van der Waals surface area contributed by atoms with Crippen LogP contribution in [0.25, 0.3) is 0 Å². The summed E-state index contributed by atoms with van der Waals surface area (Å²) in [5.74, 6) is -0.0619. The SMILES string of the molecule is O=C(O)[C@]1(Cc2ccco2)CCCN1. The Kier molecular flexibility index (Phi) is 2.29. The zero-order chi connectivity index (χ0) is 10.0. The number of furan rings is 1. The van der Waals surface area contributed by atoms with Crippen LogP contribution < -0.4 is 5.32 Å². The highest BCUT2D eigenvalue weighted by molar-refractivity contribution is 5.79. The van der Waals surface area contributed by atoms with Crippen molar-refractivity contribution in [1.82, 2.24) is 5.32 Å². The predicted octanol–water partition coefficient (Wildman–Crippen LogP) is 1.03. The smallest absolute Gasteiger partial charge is 0.324 e. The van der Waals surface area contributed by atoms with E-state index in [-0.39, 0.29) is 0 Å². The summed E-state index contributed by atoms with van der Waals surface area (Å²) in [7, 11) is 0. The van der Waals surface area contributed by atoms with Gasteiger partial charge in [-0.15, -0.1) is 0 Å². The highest BCUT2D eigenvalue weighted by Gasteiger charge is 2.41. The molecule has 0 bridgehead atoms. The van der Waals surface area contributed by atoms with Crippen LogP contribution in [0.3, 0.4) is 0 Å². The number of carboxylic acids is 1. The van der Waals surface area contributed by atoms with E-state index in [9.17, 15) is 4.79 Å². The standard InChI is InChI=1S/C10H13NO3/c12-9(13)10(4-2-5-11-10)7-8-3-1-6-14-8/h1,3,6,11H,2,4-5,7H2,(H,12,13)/t10-/m1/s1. The van der Waals surface area contributed by atoms with Crippen LogP contribution in [0, 0.1) is 0 Å². The zero-order valence-electron chi connectivity index (χ0n) is 7.82.